The van der Waals surface area contributed by atoms with Crippen LogP contribution in [0.25, 0.3) is 21.0 Å². The van der Waals surface area contributed by atoms with Crippen LogP contribution in [0.5, 0.6) is 11.5 Å². The zero-order valence-electron chi connectivity index (χ0n) is 14.2. The van der Waals surface area contributed by atoms with Crippen LogP contribution < -0.4 is 10.1 Å². The highest BCUT2D eigenvalue weighted by molar-refractivity contribution is 9.10. The van der Waals surface area contributed by atoms with Gasteiger partial charge in [-0.3, -0.25) is 9.78 Å². The fourth-order valence-electron chi connectivity index (χ4n) is 2.98. The van der Waals surface area contributed by atoms with Gasteiger partial charge in [-0.25, -0.2) is 0 Å². The van der Waals surface area contributed by atoms with Crippen molar-refractivity contribution in [2.45, 2.75) is 6.92 Å². The van der Waals surface area contributed by atoms with Crippen LogP contribution in [0, 0.1) is 6.92 Å². The molecule has 0 fully saturated rings. The van der Waals surface area contributed by atoms with E-state index < -0.39 is 0 Å². The molecule has 4 rings (SSSR count). The molecular weight excluding hydrogens is 412 g/mol. The van der Waals surface area contributed by atoms with Gasteiger partial charge in [0.2, 0.25) is 0 Å². The predicted molar refractivity (Wildman–Crippen MR) is 109 cm³/mol. The zero-order valence-corrected chi connectivity index (χ0v) is 16.6. The number of halogens is 1. The van der Waals surface area contributed by atoms with Crippen molar-refractivity contribution in [3.63, 3.8) is 0 Å². The summed E-state index contributed by atoms with van der Waals surface area (Å²) >= 11 is 5.06. The number of pyridine rings is 1. The first kappa shape index (κ1) is 17.0. The maximum Gasteiger partial charge on any atom is 0.252 e. The number of carbonyl (C=O) groups excluding carboxylic acids is 1. The lowest BCUT2D eigenvalue weighted by Crippen LogP contribution is -2.18. The maximum atomic E-state index is 12.1. The molecule has 0 saturated heterocycles. The Hall–Kier alpha value is -2.44. The van der Waals surface area contributed by atoms with Crippen molar-refractivity contribution in [3.05, 3.63) is 63.6 Å². The van der Waals surface area contributed by atoms with Crippen LogP contribution in [-0.4, -0.2) is 17.9 Å². The van der Waals surface area contributed by atoms with E-state index in [0.717, 1.165) is 47.4 Å². The average molecular weight is 427 g/mol. The zero-order chi connectivity index (χ0) is 18.3. The summed E-state index contributed by atoms with van der Waals surface area (Å²) < 4.78 is 8.13. The number of nitrogens with one attached hydrogen (secondary N) is 1. The van der Waals surface area contributed by atoms with E-state index in [9.17, 15) is 4.79 Å². The van der Waals surface area contributed by atoms with Gasteiger partial charge in [0, 0.05) is 38.1 Å². The molecule has 0 spiro atoms. The van der Waals surface area contributed by atoms with Crippen LogP contribution in [0.3, 0.4) is 0 Å². The lowest BCUT2D eigenvalue weighted by Gasteiger charge is -2.09. The van der Waals surface area contributed by atoms with E-state index in [2.05, 4.69) is 26.2 Å². The number of carbonyl (C=O) groups is 1. The molecule has 0 unspecified atom stereocenters. The quantitative estimate of drug-likeness (QED) is 0.458. The van der Waals surface area contributed by atoms with Gasteiger partial charge < -0.3 is 10.1 Å². The van der Waals surface area contributed by atoms with E-state index >= 15 is 0 Å². The Balaban J connectivity index is 1.76. The second-order valence-electron chi connectivity index (χ2n) is 5.84. The van der Waals surface area contributed by atoms with Gasteiger partial charge in [-0.15, -0.1) is 11.3 Å². The Morgan fingerprint density at radius 2 is 1.96 bits per heavy atom. The van der Waals surface area contributed by atoms with Crippen LogP contribution in [0.2, 0.25) is 0 Å². The lowest BCUT2D eigenvalue weighted by molar-refractivity contribution is 0.0964. The first-order valence-electron chi connectivity index (χ1n) is 8.04. The largest absolute Gasteiger partial charge is 0.457 e. The molecule has 6 heteroatoms. The summed E-state index contributed by atoms with van der Waals surface area (Å²) in [5.41, 5.74) is 1.60. The number of ether oxygens (including phenoxy) is 1. The minimum Gasteiger partial charge on any atom is -0.457 e. The molecule has 1 amide bonds. The van der Waals surface area contributed by atoms with Crippen LogP contribution >= 0.6 is 27.3 Å². The second-order valence-corrected chi connectivity index (χ2v) is 8.01. The van der Waals surface area contributed by atoms with Crippen molar-refractivity contribution in [2.75, 3.05) is 7.05 Å². The molecule has 4 nitrogen and oxygen atoms in total. The summed E-state index contributed by atoms with van der Waals surface area (Å²) in [6.07, 6.45) is 1.74. The molecule has 0 bridgehead atoms. The van der Waals surface area contributed by atoms with E-state index in [1.165, 1.54) is 0 Å². The second kappa shape index (κ2) is 6.70. The molecule has 130 valence electrons. The van der Waals surface area contributed by atoms with Gasteiger partial charge in [0.1, 0.15) is 11.5 Å². The molecule has 26 heavy (non-hydrogen) atoms. The van der Waals surface area contributed by atoms with E-state index in [4.69, 9.17) is 4.74 Å². The number of thiophene rings is 1. The van der Waals surface area contributed by atoms with Crippen LogP contribution in [0.1, 0.15) is 15.2 Å². The number of rotatable bonds is 3. The van der Waals surface area contributed by atoms with Crippen LogP contribution in [0.15, 0.2) is 53.1 Å². The number of fused-ring (bicyclic) bond motifs is 2. The Morgan fingerprint density at radius 1 is 1.15 bits per heavy atom. The van der Waals surface area contributed by atoms with Crippen molar-refractivity contribution in [1.29, 1.82) is 0 Å². The lowest BCUT2D eigenvalue weighted by atomic mass is 10.1. The van der Waals surface area contributed by atoms with Gasteiger partial charge in [-0.05, 0) is 49.4 Å². The van der Waals surface area contributed by atoms with Gasteiger partial charge >= 0.3 is 0 Å². The molecule has 2 aromatic carbocycles. The molecule has 2 aromatic heterocycles. The third-order valence-corrected chi connectivity index (χ3v) is 5.75. The predicted octanol–water partition coefficient (Wildman–Crippen LogP) is 5.67. The van der Waals surface area contributed by atoms with Crippen molar-refractivity contribution in [1.82, 2.24) is 10.3 Å². The van der Waals surface area contributed by atoms with Crippen molar-refractivity contribution >= 4 is 54.2 Å². The molecule has 0 atom stereocenters. The molecular formula is C20H15BrN2O2S. The standard InChI is InChI=1S/C20H15BrN2O2S/c1-11-19(20(24)22-2)15-6-4-13(10-18(15)26-11)25-17-7-8-23-16-9-12(21)3-5-14(16)17/h3-10H,1-2H3,(H,22,24). The highest BCUT2D eigenvalue weighted by Crippen LogP contribution is 2.36. The van der Waals surface area contributed by atoms with Gasteiger partial charge in [-0.1, -0.05) is 15.9 Å². The number of nitrogens with zero attached hydrogens (tertiary/aromatic N) is 1. The summed E-state index contributed by atoms with van der Waals surface area (Å²) in [5.74, 6) is 1.42. The van der Waals surface area contributed by atoms with E-state index in [1.807, 2.05) is 49.4 Å². The number of amides is 1. The first-order valence-corrected chi connectivity index (χ1v) is 9.65. The number of hydrogen-bond donors (Lipinski definition) is 1. The first-order chi connectivity index (χ1) is 12.6. The van der Waals surface area contributed by atoms with Crippen molar-refractivity contribution < 1.29 is 9.53 Å². The molecule has 1 N–H and O–H groups in total. The monoisotopic (exact) mass is 426 g/mol. The van der Waals surface area contributed by atoms with Crippen LogP contribution in [0.4, 0.5) is 0 Å². The van der Waals surface area contributed by atoms with Crippen molar-refractivity contribution in [2.24, 2.45) is 0 Å². The van der Waals surface area contributed by atoms with Gasteiger partial charge in [0.15, 0.2) is 0 Å². The molecule has 0 aliphatic rings. The molecule has 0 saturated carbocycles. The minimum absolute atomic E-state index is 0.0619. The Labute approximate surface area is 162 Å². The van der Waals surface area contributed by atoms with E-state index in [0.29, 0.717) is 0 Å². The topological polar surface area (TPSA) is 51.2 Å². The molecule has 4 aromatic rings. The van der Waals surface area contributed by atoms with E-state index in [-0.39, 0.29) is 5.91 Å². The molecule has 0 radical (unpaired) electrons. The summed E-state index contributed by atoms with van der Waals surface area (Å²) in [6, 6.07) is 13.6. The van der Waals surface area contributed by atoms with Gasteiger partial charge in [-0.2, -0.15) is 0 Å². The Morgan fingerprint density at radius 3 is 2.77 bits per heavy atom. The van der Waals surface area contributed by atoms with E-state index in [1.54, 1.807) is 24.6 Å². The fourth-order valence-corrected chi connectivity index (χ4v) is 4.42. The average Bonchev–Trinajstić information content (AvgIpc) is 2.96. The van der Waals surface area contributed by atoms with Crippen LogP contribution in [-0.2, 0) is 0 Å². The fraction of sp³-hybridized carbons (Fsp3) is 0.100. The third-order valence-electron chi connectivity index (χ3n) is 4.18. The van der Waals surface area contributed by atoms with Crippen molar-refractivity contribution in [3.8, 4) is 11.5 Å². The highest BCUT2D eigenvalue weighted by atomic mass is 79.9. The summed E-state index contributed by atoms with van der Waals surface area (Å²) in [6.45, 7) is 1.96. The number of hydrogen-bond acceptors (Lipinski definition) is 4. The number of aromatic nitrogens is 1. The molecule has 0 aliphatic carbocycles. The summed E-state index contributed by atoms with van der Waals surface area (Å²) in [4.78, 5) is 17.5. The SMILES string of the molecule is CNC(=O)c1c(C)sc2cc(Oc3ccnc4cc(Br)ccc34)ccc12. The maximum absolute atomic E-state index is 12.1. The minimum atomic E-state index is -0.0619. The summed E-state index contributed by atoms with van der Waals surface area (Å²) in [5, 5.41) is 4.60. The Bertz CT molecular complexity index is 1150. The molecule has 2 heterocycles. The summed E-state index contributed by atoms with van der Waals surface area (Å²) in [7, 11) is 1.65. The number of aryl methyl sites for hydroxylation is 1. The Kier molecular flexibility index (Phi) is 4.38. The normalized spacial score (nSPS) is 11.0. The molecule has 0 aliphatic heterocycles. The number of benzene rings is 2. The smallest absolute Gasteiger partial charge is 0.252 e. The van der Waals surface area contributed by atoms with Gasteiger partial charge in [0.25, 0.3) is 5.91 Å². The third kappa shape index (κ3) is 2.95. The van der Waals surface area contributed by atoms with Gasteiger partial charge in [0.05, 0.1) is 11.1 Å². The highest BCUT2D eigenvalue weighted by Gasteiger charge is 2.16.